The van der Waals surface area contributed by atoms with Gasteiger partial charge in [-0.25, -0.2) is 0 Å². The van der Waals surface area contributed by atoms with E-state index in [1.165, 1.54) is 11.3 Å². The highest BCUT2D eigenvalue weighted by atomic mass is 32.1. The highest BCUT2D eigenvalue weighted by molar-refractivity contribution is 7.20. The number of nitrogens with one attached hydrogen (secondary N) is 1. The first-order valence-electron chi connectivity index (χ1n) is 8.09. The van der Waals surface area contributed by atoms with E-state index < -0.39 is 5.60 Å². The third-order valence-corrected chi connectivity index (χ3v) is 5.14. The van der Waals surface area contributed by atoms with Gasteiger partial charge in [-0.2, -0.15) is 0 Å². The molecule has 4 nitrogen and oxygen atoms in total. The van der Waals surface area contributed by atoms with Crippen LogP contribution >= 0.6 is 11.3 Å². The van der Waals surface area contributed by atoms with Crippen molar-refractivity contribution < 1.29 is 14.6 Å². The molecule has 130 valence electrons. The fourth-order valence-corrected chi connectivity index (χ4v) is 3.68. The molecule has 0 saturated carbocycles. The Morgan fingerprint density at radius 2 is 1.92 bits per heavy atom. The Morgan fingerprint density at radius 1 is 1.20 bits per heavy atom. The molecule has 3 rings (SSSR count). The molecule has 25 heavy (non-hydrogen) atoms. The number of hydrogen-bond donors (Lipinski definition) is 2. The van der Waals surface area contributed by atoms with E-state index in [4.69, 9.17) is 4.74 Å². The van der Waals surface area contributed by atoms with Crippen LogP contribution in [0.15, 0.2) is 54.6 Å². The summed E-state index contributed by atoms with van der Waals surface area (Å²) in [5, 5.41) is 14.5. The minimum Gasteiger partial charge on any atom is -0.497 e. The Labute approximate surface area is 151 Å². The maximum absolute atomic E-state index is 12.4. The number of aliphatic hydroxyl groups is 1. The maximum Gasteiger partial charge on any atom is 0.261 e. The van der Waals surface area contributed by atoms with E-state index in [1.807, 2.05) is 54.6 Å². The molecule has 0 spiro atoms. The normalized spacial score (nSPS) is 13.4. The summed E-state index contributed by atoms with van der Waals surface area (Å²) in [6.07, 6.45) is 0.448. The molecule has 0 radical (unpaired) electrons. The Hall–Kier alpha value is -2.37. The van der Waals surface area contributed by atoms with Gasteiger partial charge in [-0.1, -0.05) is 30.3 Å². The molecule has 1 amide bonds. The van der Waals surface area contributed by atoms with Crippen LogP contribution in [0.1, 0.15) is 22.2 Å². The molecule has 1 unspecified atom stereocenters. The van der Waals surface area contributed by atoms with Gasteiger partial charge >= 0.3 is 0 Å². The third-order valence-electron chi connectivity index (χ3n) is 4.02. The molecule has 2 N–H and O–H groups in total. The number of benzene rings is 2. The maximum atomic E-state index is 12.4. The Morgan fingerprint density at radius 3 is 2.60 bits per heavy atom. The van der Waals surface area contributed by atoms with E-state index in [1.54, 1.807) is 14.0 Å². The SMILES string of the molecule is COc1ccc(CC(C)(O)CNC(=O)c2cc3ccccc3s2)cc1. The molecule has 2 aromatic carbocycles. The summed E-state index contributed by atoms with van der Waals surface area (Å²) in [7, 11) is 1.62. The topological polar surface area (TPSA) is 58.6 Å². The number of ether oxygens (including phenoxy) is 1. The van der Waals surface area contributed by atoms with Crippen molar-refractivity contribution in [3.05, 3.63) is 65.0 Å². The second-order valence-corrected chi connectivity index (χ2v) is 7.44. The number of carbonyl (C=O) groups excluding carboxylic acids is 1. The van der Waals surface area contributed by atoms with Gasteiger partial charge in [0.25, 0.3) is 5.91 Å². The molecule has 1 atom stereocenters. The molecular formula is C20H21NO3S. The minimum absolute atomic E-state index is 0.156. The second kappa shape index (κ2) is 7.25. The van der Waals surface area contributed by atoms with Crippen LogP contribution in [-0.4, -0.2) is 30.3 Å². The lowest BCUT2D eigenvalue weighted by atomic mass is 9.96. The van der Waals surface area contributed by atoms with Crippen LogP contribution in [0.4, 0.5) is 0 Å². The van der Waals surface area contributed by atoms with Crippen molar-refractivity contribution in [3.63, 3.8) is 0 Å². The summed E-state index contributed by atoms with van der Waals surface area (Å²) in [6, 6.07) is 17.3. The van der Waals surface area contributed by atoms with E-state index in [9.17, 15) is 9.90 Å². The van der Waals surface area contributed by atoms with Crippen molar-refractivity contribution in [2.45, 2.75) is 18.9 Å². The molecule has 1 heterocycles. The van der Waals surface area contributed by atoms with Crippen LogP contribution in [0.25, 0.3) is 10.1 Å². The van der Waals surface area contributed by atoms with Gasteiger partial charge in [-0.15, -0.1) is 11.3 Å². The van der Waals surface area contributed by atoms with Gasteiger partial charge < -0.3 is 15.2 Å². The quantitative estimate of drug-likeness (QED) is 0.710. The minimum atomic E-state index is -1.03. The first kappa shape index (κ1) is 17.5. The molecule has 1 aromatic heterocycles. The van der Waals surface area contributed by atoms with Crippen LogP contribution in [-0.2, 0) is 6.42 Å². The van der Waals surface area contributed by atoms with Gasteiger partial charge in [0.15, 0.2) is 0 Å². The Kier molecular flexibility index (Phi) is 5.06. The Balaban J connectivity index is 1.61. The van der Waals surface area contributed by atoms with Gasteiger partial charge in [-0.05, 0) is 42.1 Å². The highest BCUT2D eigenvalue weighted by Crippen LogP contribution is 2.25. The molecule has 0 aliphatic carbocycles. The summed E-state index contributed by atoms with van der Waals surface area (Å²) < 4.78 is 6.21. The summed E-state index contributed by atoms with van der Waals surface area (Å²) >= 11 is 1.46. The smallest absolute Gasteiger partial charge is 0.261 e. The number of thiophene rings is 1. The summed E-state index contributed by atoms with van der Waals surface area (Å²) in [5.74, 6) is 0.623. The van der Waals surface area contributed by atoms with E-state index in [0.29, 0.717) is 11.3 Å². The number of amides is 1. The van der Waals surface area contributed by atoms with Gasteiger partial charge in [-0.3, -0.25) is 4.79 Å². The lowest BCUT2D eigenvalue weighted by molar-refractivity contribution is 0.0554. The molecule has 0 bridgehead atoms. The second-order valence-electron chi connectivity index (χ2n) is 6.35. The lowest BCUT2D eigenvalue weighted by Gasteiger charge is -2.23. The fraction of sp³-hybridized carbons (Fsp3) is 0.250. The monoisotopic (exact) mass is 355 g/mol. The van der Waals surface area contributed by atoms with Crippen LogP contribution < -0.4 is 10.1 Å². The van der Waals surface area contributed by atoms with Crippen molar-refractivity contribution in [1.29, 1.82) is 0 Å². The summed E-state index contributed by atoms with van der Waals surface area (Å²) in [6.45, 7) is 1.91. The van der Waals surface area contributed by atoms with Crippen molar-refractivity contribution in [2.24, 2.45) is 0 Å². The van der Waals surface area contributed by atoms with Crippen molar-refractivity contribution in [1.82, 2.24) is 5.32 Å². The number of rotatable bonds is 6. The molecule has 0 fully saturated rings. The van der Waals surface area contributed by atoms with Crippen molar-refractivity contribution >= 4 is 27.3 Å². The lowest BCUT2D eigenvalue weighted by Crippen LogP contribution is -2.42. The Bertz CT molecular complexity index is 835. The van der Waals surface area contributed by atoms with Crippen LogP contribution in [0.2, 0.25) is 0 Å². The number of hydrogen-bond acceptors (Lipinski definition) is 4. The van der Waals surface area contributed by atoms with E-state index in [0.717, 1.165) is 21.4 Å². The molecular weight excluding hydrogens is 334 g/mol. The van der Waals surface area contributed by atoms with Gasteiger partial charge in [0, 0.05) is 17.7 Å². The molecule has 5 heteroatoms. The number of carbonyl (C=O) groups is 1. The van der Waals surface area contributed by atoms with E-state index in [2.05, 4.69) is 5.32 Å². The zero-order chi connectivity index (χ0) is 17.9. The molecule has 0 saturated heterocycles. The predicted octanol–water partition coefficient (Wildman–Crippen LogP) is 3.63. The van der Waals surface area contributed by atoms with Crippen LogP contribution in [0, 0.1) is 0 Å². The van der Waals surface area contributed by atoms with Crippen LogP contribution in [0.3, 0.4) is 0 Å². The molecule has 3 aromatic rings. The summed E-state index contributed by atoms with van der Waals surface area (Å²) in [5.41, 5.74) is -0.0390. The first-order valence-corrected chi connectivity index (χ1v) is 8.91. The average molecular weight is 355 g/mol. The average Bonchev–Trinajstić information content (AvgIpc) is 3.04. The van der Waals surface area contributed by atoms with Crippen molar-refractivity contribution in [2.75, 3.05) is 13.7 Å². The largest absolute Gasteiger partial charge is 0.497 e. The first-order chi connectivity index (χ1) is 12.0. The number of fused-ring (bicyclic) bond motifs is 1. The standard InChI is InChI=1S/C20H21NO3S/c1-20(23,12-14-7-9-16(24-2)10-8-14)13-21-19(22)18-11-15-5-3-4-6-17(15)25-18/h3-11,23H,12-13H2,1-2H3,(H,21,22). The predicted molar refractivity (Wildman–Crippen MR) is 101 cm³/mol. The van der Waals surface area contributed by atoms with Gasteiger partial charge in [0.1, 0.15) is 5.75 Å². The number of methoxy groups -OCH3 is 1. The van der Waals surface area contributed by atoms with Gasteiger partial charge in [0.2, 0.25) is 0 Å². The zero-order valence-corrected chi connectivity index (χ0v) is 15.1. The summed E-state index contributed by atoms with van der Waals surface area (Å²) in [4.78, 5) is 13.0. The van der Waals surface area contributed by atoms with Crippen molar-refractivity contribution in [3.8, 4) is 5.75 Å². The molecule has 0 aliphatic heterocycles. The highest BCUT2D eigenvalue weighted by Gasteiger charge is 2.22. The van der Waals surface area contributed by atoms with Gasteiger partial charge in [0.05, 0.1) is 17.6 Å². The van der Waals surface area contributed by atoms with E-state index >= 15 is 0 Å². The fourth-order valence-electron chi connectivity index (χ4n) is 2.70. The zero-order valence-electron chi connectivity index (χ0n) is 14.3. The van der Waals surface area contributed by atoms with Crippen LogP contribution in [0.5, 0.6) is 5.75 Å². The van der Waals surface area contributed by atoms with E-state index in [-0.39, 0.29) is 12.5 Å². The molecule has 0 aliphatic rings. The third kappa shape index (κ3) is 4.38.